The summed E-state index contributed by atoms with van der Waals surface area (Å²) in [7, 11) is 0. The molecular weight excluding hydrogens is 470 g/mol. The van der Waals surface area contributed by atoms with Gasteiger partial charge in [-0.25, -0.2) is 31.5 Å². The molecule has 1 aliphatic carbocycles. The smallest absolute Gasteiger partial charge is 0.270 e. The van der Waals surface area contributed by atoms with E-state index in [1.165, 1.54) is 17.2 Å². The molecule has 0 bridgehead atoms. The minimum absolute atomic E-state index is 0.0226. The molecule has 2 N–H and O–H groups in total. The Hall–Kier alpha value is -3.09. The number of rotatable bonds is 4. The van der Waals surface area contributed by atoms with Crippen LogP contribution in [0.15, 0.2) is 30.5 Å². The van der Waals surface area contributed by atoms with Crippen LogP contribution in [0.2, 0.25) is 0 Å². The van der Waals surface area contributed by atoms with Crippen molar-refractivity contribution >= 4 is 34.5 Å². The van der Waals surface area contributed by atoms with Crippen molar-refractivity contribution in [3.8, 4) is 0 Å². The Kier molecular flexibility index (Phi) is 5.10. The largest absolute Gasteiger partial charge is 0.353 e. The topological polar surface area (TPSA) is 57.5 Å². The fraction of sp³-hybridized carbons (Fsp3) is 0.350. The van der Waals surface area contributed by atoms with Crippen molar-refractivity contribution in [1.29, 1.82) is 0 Å². The molecular formula is C20H16F6N6S. The number of nitrogens with zero attached hydrogens (tertiary/aromatic N) is 4. The lowest BCUT2D eigenvalue weighted by atomic mass is 10.0. The lowest BCUT2D eigenvalue weighted by Gasteiger charge is -2.26. The van der Waals surface area contributed by atoms with Gasteiger partial charge in [-0.1, -0.05) is 0 Å². The summed E-state index contributed by atoms with van der Waals surface area (Å²) in [5.41, 5.74) is -0.328. The zero-order chi connectivity index (χ0) is 23.5. The van der Waals surface area contributed by atoms with Gasteiger partial charge in [0.05, 0.1) is 18.6 Å². The van der Waals surface area contributed by atoms with E-state index >= 15 is 0 Å². The maximum atomic E-state index is 14.4. The minimum Gasteiger partial charge on any atom is -0.353 e. The molecule has 3 aromatic rings. The van der Waals surface area contributed by atoms with Gasteiger partial charge in [-0.3, -0.25) is 0 Å². The molecule has 2 aromatic heterocycles. The van der Waals surface area contributed by atoms with Crippen molar-refractivity contribution in [1.82, 2.24) is 19.9 Å². The van der Waals surface area contributed by atoms with E-state index in [0.717, 1.165) is 22.7 Å². The highest BCUT2D eigenvalue weighted by molar-refractivity contribution is 7.80. The Morgan fingerprint density at radius 2 is 1.94 bits per heavy atom. The molecule has 0 spiro atoms. The normalized spacial score (nSPS) is 23.7. The average Bonchev–Trinajstić information content (AvgIpc) is 3.05. The Morgan fingerprint density at radius 3 is 2.67 bits per heavy atom. The number of aromatic nitrogens is 3. The van der Waals surface area contributed by atoms with Gasteiger partial charge >= 0.3 is 0 Å². The predicted octanol–water partition coefficient (Wildman–Crippen LogP) is 4.13. The van der Waals surface area contributed by atoms with E-state index in [9.17, 15) is 26.3 Å². The van der Waals surface area contributed by atoms with E-state index in [1.807, 2.05) is 0 Å². The van der Waals surface area contributed by atoms with Crippen LogP contribution in [0.1, 0.15) is 24.4 Å². The number of nitrogens with one attached hydrogen (secondary N) is 2. The Bertz CT molecular complexity index is 1250. The van der Waals surface area contributed by atoms with Crippen LogP contribution < -0.4 is 15.5 Å². The summed E-state index contributed by atoms with van der Waals surface area (Å²) < 4.78 is 84.2. The third-order valence-corrected chi connectivity index (χ3v) is 5.88. The molecule has 1 unspecified atom stereocenters. The van der Waals surface area contributed by atoms with E-state index in [2.05, 4.69) is 20.7 Å². The van der Waals surface area contributed by atoms with E-state index in [4.69, 9.17) is 12.2 Å². The number of benzene rings is 1. The summed E-state index contributed by atoms with van der Waals surface area (Å²) in [5.74, 6) is -5.04. The first-order valence-electron chi connectivity index (χ1n) is 9.98. The molecule has 5 rings (SSSR count). The number of thiocarbonyl (C=S) groups is 1. The number of alkyl halides is 3. The molecule has 3 atom stereocenters. The molecule has 1 saturated heterocycles. The summed E-state index contributed by atoms with van der Waals surface area (Å²) in [6.45, 7) is -0.139. The first-order valence-corrected chi connectivity index (χ1v) is 10.4. The molecule has 1 aliphatic heterocycles. The number of anilines is 2. The quantitative estimate of drug-likeness (QED) is 0.427. The van der Waals surface area contributed by atoms with Crippen molar-refractivity contribution in [2.45, 2.75) is 37.0 Å². The maximum absolute atomic E-state index is 14.4. The second kappa shape index (κ2) is 7.75. The lowest BCUT2D eigenvalue weighted by Crippen LogP contribution is -2.33. The third-order valence-electron chi connectivity index (χ3n) is 5.66. The first-order chi connectivity index (χ1) is 15.6. The summed E-state index contributed by atoms with van der Waals surface area (Å²) in [5, 5.41) is 8.31. The monoisotopic (exact) mass is 486 g/mol. The van der Waals surface area contributed by atoms with Crippen LogP contribution in [0, 0.1) is 17.6 Å². The van der Waals surface area contributed by atoms with Gasteiger partial charge in [-0.15, -0.1) is 5.10 Å². The maximum Gasteiger partial charge on any atom is 0.270 e. The van der Waals surface area contributed by atoms with Gasteiger partial charge in [-0.05, 0) is 36.5 Å². The van der Waals surface area contributed by atoms with Crippen LogP contribution in [0.5, 0.6) is 0 Å². The van der Waals surface area contributed by atoms with Crippen molar-refractivity contribution < 1.29 is 26.3 Å². The van der Waals surface area contributed by atoms with Crippen molar-refractivity contribution in [2.75, 3.05) is 16.8 Å². The molecule has 2 aliphatic rings. The SMILES string of the molecule is Fc1ccc(F)c([C@H]2C[C@H](F)CN2c2ccn3nc(F)c(NC(=S)NC4CC4(F)F)c3n2)c1. The van der Waals surface area contributed by atoms with Crippen molar-refractivity contribution in [2.24, 2.45) is 0 Å². The van der Waals surface area contributed by atoms with E-state index in [-0.39, 0.29) is 47.2 Å². The highest BCUT2D eigenvalue weighted by Gasteiger charge is 2.57. The fourth-order valence-corrected chi connectivity index (χ4v) is 4.19. The van der Waals surface area contributed by atoms with Gasteiger partial charge in [0.25, 0.3) is 11.9 Å². The van der Waals surface area contributed by atoms with Gasteiger partial charge in [0.2, 0.25) is 0 Å². The zero-order valence-electron chi connectivity index (χ0n) is 16.7. The van der Waals surface area contributed by atoms with E-state index in [1.54, 1.807) is 0 Å². The van der Waals surface area contributed by atoms with Gasteiger partial charge in [0.1, 0.15) is 29.3 Å². The average molecular weight is 486 g/mol. The summed E-state index contributed by atoms with van der Waals surface area (Å²) in [4.78, 5) is 5.78. The van der Waals surface area contributed by atoms with Crippen LogP contribution in [-0.2, 0) is 0 Å². The Morgan fingerprint density at radius 1 is 1.18 bits per heavy atom. The standard InChI is InChI=1S/C20H16F6N6S/c21-9-1-2-12(23)11(5-9)13-6-10(22)8-31(13)15-3-4-32-18(28-15)16(17(24)30-32)29-19(33)27-14-7-20(14,25)26/h1-5,10,13-14H,6-8H2,(H2,27,29,33)/t10-,13+,14?/m0/s1. The van der Waals surface area contributed by atoms with E-state index in [0.29, 0.717) is 0 Å². The van der Waals surface area contributed by atoms with Crippen LogP contribution in [0.25, 0.3) is 5.65 Å². The zero-order valence-corrected chi connectivity index (χ0v) is 17.5. The number of halogens is 6. The molecule has 0 radical (unpaired) electrons. The Labute approximate surface area is 188 Å². The number of hydrogen-bond acceptors (Lipinski definition) is 4. The molecule has 1 aromatic carbocycles. The molecule has 174 valence electrons. The third kappa shape index (κ3) is 4.05. The fourth-order valence-electron chi connectivity index (χ4n) is 3.94. The van der Waals surface area contributed by atoms with Gasteiger partial charge in [-0.2, -0.15) is 4.39 Å². The minimum atomic E-state index is -2.88. The van der Waals surface area contributed by atoms with Crippen molar-refractivity contribution in [3.05, 3.63) is 53.6 Å². The van der Waals surface area contributed by atoms with Crippen LogP contribution in [0.4, 0.5) is 37.8 Å². The molecule has 6 nitrogen and oxygen atoms in total. The first kappa shape index (κ1) is 21.7. The van der Waals surface area contributed by atoms with Gasteiger partial charge in [0.15, 0.2) is 10.8 Å². The highest BCUT2D eigenvalue weighted by atomic mass is 32.1. The van der Waals surface area contributed by atoms with Crippen LogP contribution >= 0.6 is 12.2 Å². The van der Waals surface area contributed by atoms with Crippen LogP contribution in [0.3, 0.4) is 0 Å². The van der Waals surface area contributed by atoms with Gasteiger partial charge in [0, 0.05) is 24.6 Å². The van der Waals surface area contributed by atoms with Crippen LogP contribution in [-0.4, -0.2) is 44.4 Å². The molecule has 3 heterocycles. The summed E-state index contributed by atoms with van der Waals surface area (Å²) in [6, 6.07) is 2.40. The van der Waals surface area contributed by atoms with Crippen molar-refractivity contribution in [3.63, 3.8) is 0 Å². The lowest BCUT2D eigenvalue weighted by molar-refractivity contribution is 0.110. The molecule has 1 saturated carbocycles. The number of hydrogen-bond donors (Lipinski definition) is 2. The molecule has 2 fully saturated rings. The highest BCUT2D eigenvalue weighted by Crippen LogP contribution is 2.42. The molecule has 33 heavy (non-hydrogen) atoms. The predicted molar refractivity (Wildman–Crippen MR) is 112 cm³/mol. The second-order valence-corrected chi connectivity index (χ2v) is 8.41. The second-order valence-electron chi connectivity index (χ2n) is 8.00. The summed E-state index contributed by atoms with van der Waals surface area (Å²) in [6.07, 6.45) is -0.435. The Balaban J connectivity index is 1.46. The van der Waals surface area contributed by atoms with Gasteiger partial charge < -0.3 is 15.5 Å². The molecule has 0 amide bonds. The number of fused-ring (bicyclic) bond motifs is 1. The van der Waals surface area contributed by atoms with E-state index < -0.39 is 41.8 Å². The summed E-state index contributed by atoms with van der Waals surface area (Å²) >= 11 is 4.98. The molecule has 13 heteroatoms.